The second kappa shape index (κ2) is 9.72. The molecule has 0 radical (unpaired) electrons. The van der Waals surface area contributed by atoms with Crippen LogP contribution in [-0.4, -0.2) is 24.6 Å². The van der Waals surface area contributed by atoms with Crippen LogP contribution in [0.25, 0.3) is 0 Å². The number of rotatable bonds is 6. The predicted molar refractivity (Wildman–Crippen MR) is 105 cm³/mol. The van der Waals surface area contributed by atoms with Gasteiger partial charge in [-0.1, -0.05) is 19.1 Å². The minimum absolute atomic E-state index is 0.557. The third-order valence-corrected chi connectivity index (χ3v) is 4.08. The van der Waals surface area contributed by atoms with Crippen LogP contribution in [0.15, 0.2) is 52.0 Å². The van der Waals surface area contributed by atoms with Gasteiger partial charge in [0, 0.05) is 5.69 Å². The van der Waals surface area contributed by atoms with E-state index in [1.54, 1.807) is 30.3 Å². The zero-order valence-electron chi connectivity index (χ0n) is 14.6. The van der Waals surface area contributed by atoms with Gasteiger partial charge in [-0.05, 0) is 70.7 Å². The maximum Gasteiger partial charge on any atom is 0.329 e. The Morgan fingerprint density at radius 3 is 2.46 bits per heavy atom. The van der Waals surface area contributed by atoms with E-state index < -0.39 is 11.8 Å². The molecule has 2 rings (SSSR count). The van der Waals surface area contributed by atoms with Crippen LogP contribution in [0.4, 0.5) is 5.69 Å². The number of carbonyl (C=O) groups is 2. The molecule has 0 aromatic heterocycles. The Balaban J connectivity index is 1.89. The molecule has 7 heteroatoms. The zero-order valence-corrected chi connectivity index (χ0v) is 16.2. The molecule has 2 amide bonds. The molecule has 0 aliphatic carbocycles. The Hall–Kier alpha value is -2.67. The topological polar surface area (TPSA) is 79.8 Å². The lowest BCUT2D eigenvalue weighted by Gasteiger charge is -2.06. The third kappa shape index (κ3) is 5.70. The monoisotopic (exact) mass is 417 g/mol. The largest absolute Gasteiger partial charge is 0.493 e. The second-order valence-electron chi connectivity index (χ2n) is 5.33. The second-order valence-corrected chi connectivity index (χ2v) is 6.18. The summed E-state index contributed by atoms with van der Waals surface area (Å²) in [5.41, 5.74) is 4.66. The van der Waals surface area contributed by atoms with Crippen LogP contribution >= 0.6 is 15.9 Å². The average molecular weight is 418 g/mol. The number of ether oxygens (including phenoxy) is 1. The standard InChI is InChI=1S/C19H20BrN3O3/c1-3-13-5-8-15(9-6-13)22-18(24)19(25)23-21-12-14-7-10-17(26-4-2)16(20)11-14/h5-12H,3-4H2,1-2H3,(H,22,24)(H,23,25)/b21-12-. The lowest BCUT2D eigenvalue weighted by Crippen LogP contribution is -2.32. The van der Waals surface area contributed by atoms with Crippen molar-refractivity contribution >= 4 is 39.6 Å². The summed E-state index contributed by atoms with van der Waals surface area (Å²) >= 11 is 3.40. The molecule has 2 aromatic rings. The number of carbonyl (C=O) groups excluding carboxylic acids is 2. The van der Waals surface area contributed by atoms with Crippen molar-refractivity contribution < 1.29 is 14.3 Å². The lowest BCUT2D eigenvalue weighted by atomic mass is 10.1. The van der Waals surface area contributed by atoms with E-state index in [2.05, 4.69) is 31.8 Å². The van der Waals surface area contributed by atoms with Crippen LogP contribution in [0, 0.1) is 0 Å². The molecule has 0 bridgehead atoms. The third-order valence-electron chi connectivity index (χ3n) is 3.46. The van der Waals surface area contributed by atoms with Crippen molar-refractivity contribution in [1.29, 1.82) is 0 Å². The number of benzene rings is 2. The molecule has 6 nitrogen and oxygen atoms in total. The number of hydrazone groups is 1. The predicted octanol–water partition coefficient (Wildman–Crippen LogP) is 3.50. The van der Waals surface area contributed by atoms with Crippen molar-refractivity contribution in [1.82, 2.24) is 5.43 Å². The van der Waals surface area contributed by atoms with Gasteiger partial charge >= 0.3 is 11.8 Å². The molecule has 0 saturated heterocycles. The van der Waals surface area contributed by atoms with Gasteiger partial charge in [-0.2, -0.15) is 5.10 Å². The van der Waals surface area contributed by atoms with Gasteiger partial charge in [0.1, 0.15) is 5.75 Å². The van der Waals surface area contributed by atoms with Crippen molar-refractivity contribution in [3.05, 3.63) is 58.1 Å². The summed E-state index contributed by atoms with van der Waals surface area (Å²) < 4.78 is 6.20. The first-order valence-electron chi connectivity index (χ1n) is 8.19. The van der Waals surface area contributed by atoms with Gasteiger partial charge < -0.3 is 10.1 Å². The first-order chi connectivity index (χ1) is 12.5. The first kappa shape index (κ1) is 19.7. The minimum Gasteiger partial charge on any atom is -0.493 e. The Labute approximate surface area is 160 Å². The highest BCUT2D eigenvalue weighted by Crippen LogP contribution is 2.25. The molecular weight excluding hydrogens is 398 g/mol. The first-order valence-corrected chi connectivity index (χ1v) is 8.98. The van der Waals surface area contributed by atoms with Crippen LogP contribution in [0.5, 0.6) is 5.75 Å². The molecule has 2 N–H and O–H groups in total. The van der Waals surface area contributed by atoms with Gasteiger partial charge in [0.05, 0.1) is 17.3 Å². The fourth-order valence-corrected chi connectivity index (χ4v) is 2.61. The molecule has 136 valence electrons. The molecule has 0 unspecified atom stereocenters. The Bertz CT molecular complexity index is 804. The fourth-order valence-electron chi connectivity index (χ4n) is 2.10. The summed E-state index contributed by atoms with van der Waals surface area (Å²) in [6.07, 6.45) is 2.35. The molecule has 0 fully saturated rings. The summed E-state index contributed by atoms with van der Waals surface area (Å²) in [5.74, 6) is -0.896. The number of nitrogens with zero attached hydrogens (tertiary/aromatic N) is 1. The molecular formula is C19H20BrN3O3. The van der Waals surface area contributed by atoms with Gasteiger partial charge in [-0.25, -0.2) is 5.43 Å². The van der Waals surface area contributed by atoms with Crippen molar-refractivity contribution in [3.63, 3.8) is 0 Å². The highest BCUT2D eigenvalue weighted by molar-refractivity contribution is 9.10. The number of aryl methyl sites for hydroxylation is 1. The average Bonchev–Trinajstić information content (AvgIpc) is 2.64. The lowest BCUT2D eigenvalue weighted by molar-refractivity contribution is -0.136. The number of hydrogen-bond donors (Lipinski definition) is 2. The highest BCUT2D eigenvalue weighted by Gasteiger charge is 2.12. The quantitative estimate of drug-likeness (QED) is 0.428. The van der Waals surface area contributed by atoms with E-state index in [-0.39, 0.29) is 0 Å². The van der Waals surface area contributed by atoms with Crippen LogP contribution < -0.4 is 15.5 Å². The van der Waals surface area contributed by atoms with Crippen molar-refractivity contribution in [2.45, 2.75) is 20.3 Å². The number of anilines is 1. The summed E-state index contributed by atoms with van der Waals surface area (Å²) in [5, 5.41) is 6.32. The number of nitrogens with one attached hydrogen (secondary N) is 2. The van der Waals surface area contributed by atoms with Gasteiger partial charge in [0.2, 0.25) is 0 Å². The normalized spacial score (nSPS) is 10.6. The molecule has 26 heavy (non-hydrogen) atoms. The van der Waals surface area contributed by atoms with E-state index in [1.807, 2.05) is 26.0 Å². The Kier molecular flexibility index (Phi) is 7.35. The van der Waals surface area contributed by atoms with E-state index >= 15 is 0 Å². The van der Waals surface area contributed by atoms with Crippen molar-refractivity contribution in [2.75, 3.05) is 11.9 Å². The van der Waals surface area contributed by atoms with Gasteiger partial charge in [-0.3, -0.25) is 9.59 Å². The number of hydrogen-bond acceptors (Lipinski definition) is 4. The summed E-state index contributed by atoms with van der Waals surface area (Å²) in [7, 11) is 0. The summed E-state index contributed by atoms with van der Waals surface area (Å²) in [6.45, 7) is 4.51. The highest BCUT2D eigenvalue weighted by atomic mass is 79.9. The Morgan fingerprint density at radius 2 is 1.85 bits per heavy atom. The fraction of sp³-hybridized carbons (Fsp3) is 0.211. The molecule has 0 heterocycles. The molecule has 2 aromatic carbocycles. The van der Waals surface area contributed by atoms with Gasteiger partial charge in [0.15, 0.2) is 0 Å². The number of halogens is 1. The van der Waals surface area contributed by atoms with Gasteiger partial charge in [-0.15, -0.1) is 0 Å². The maximum atomic E-state index is 11.9. The van der Waals surface area contributed by atoms with Crippen LogP contribution in [0.1, 0.15) is 25.0 Å². The SMILES string of the molecule is CCOc1ccc(/C=N\NC(=O)C(=O)Nc2ccc(CC)cc2)cc1Br. The maximum absolute atomic E-state index is 11.9. The van der Waals surface area contributed by atoms with Crippen LogP contribution in [0.3, 0.4) is 0 Å². The van der Waals surface area contributed by atoms with Crippen LogP contribution in [0.2, 0.25) is 0 Å². The van der Waals surface area contributed by atoms with Crippen molar-refractivity contribution in [3.8, 4) is 5.75 Å². The van der Waals surface area contributed by atoms with E-state index in [4.69, 9.17) is 4.74 Å². The number of amides is 2. The van der Waals surface area contributed by atoms with Crippen molar-refractivity contribution in [2.24, 2.45) is 5.10 Å². The summed E-state index contributed by atoms with van der Waals surface area (Å²) in [4.78, 5) is 23.7. The van der Waals surface area contributed by atoms with Gasteiger partial charge in [0.25, 0.3) is 0 Å². The smallest absolute Gasteiger partial charge is 0.329 e. The molecule has 0 aliphatic heterocycles. The summed E-state index contributed by atoms with van der Waals surface area (Å²) in [6, 6.07) is 12.7. The molecule has 0 atom stereocenters. The van der Waals surface area contributed by atoms with E-state index in [9.17, 15) is 9.59 Å². The minimum atomic E-state index is -0.842. The Morgan fingerprint density at radius 1 is 1.12 bits per heavy atom. The molecule has 0 aliphatic rings. The van der Waals surface area contributed by atoms with E-state index in [0.717, 1.165) is 27.8 Å². The molecule has 0 spiro atoms. The van der Waals surface area contributed by atoms with Crippen LogP contribution in [-0.2, 0) is 16.0 Å². The zero-order chi connectivity index (χ0) is 18.9. The van der Waals surface area contributed by atoms with E-state index in [1.165, 1.54) is 6.21 Å². The van der Waals surface area contributed by atoms with E-state index in [0.29, 0.717) is 12.3 Å². The molecule has 0 saturated carbocycles.